The SMILES string of the molecule is N=C(N)SCc1cn(-c2ccccc2)nc1-c1cccc([N+](=O)[O-])c1. The Bertz CT molecular complexity index is 924. The minimum atomic E-state index is -0.429. The quantitative estimate of drug-likeness (QED) is 0.315. The molecule has 8 heteroatoms. The molecular formula is C17H15N5O2S. The van der Waals surface area contributed by atoms with Gasteiger partial charge in [-0.2, -0.15) is 5.10 Å². The molecule has 0 aliphatic carbocycles. The summed E-state index contributed by atoms with van der Waals surface area (Å²) in [6, 6.07) is 16.0. The van der Waals surface area contributed by atoms with Crippen LogP contribution in [-0.4, -0.2) is 19.9 Å². The molecule has 7 nitrogen and oxygen atoms in total. The van der Waals surface area contributed by atoms with Gasteiger partial charge in [-0.05, 0) is 12.1 Å². The van der Waals surface area contributed by atoms with Crippen molar-refractivity contribution in [2.45, 2.75) is 5.75 Å². The Morgan fingerprint density at radius 3 is 2.68 bits per heavy atom. The third-order valence-corrected chi connectivity index (χ3v) is 4.29. The van der Waals surface area contributed by atoms with Gasteiger partial charge in [-0.3, -0.25) is 15.5 Å². The molecule has 0 aliphatic rings. The highest BCUT2D eigenvalue weighted by atomic mass is 32.2. The van der Waals surface area contributed by atoms with Crippen LogP contribution < -0.4 is 5.73 Å². The predicted octanol–water partition coefficient (Wildman–Crippen LogP) is 3.57. The van der Waals surface area contributed by atoms with E-state index in [4.69, 9.17) is 11.1 Å². The standard InChI is InChI=1S/C17H15N5O2S/c18-17(19)25-11-13-10-21(14-6-2-1-3-7-14)20-16(13)12-5-4-8-15(9-12)22(23)24/h1-10H,11H2,(H3,18,19). The van der Waals surface area contributed by atoms with E-state index in [-0.39, 0.29) is 10.9 Å². The first-order chi connectivity index (χ1) is 12.0. The predicted molar refractivity (Wildman–Crippen MR) is 98.9 cm³/mol. The highest BCUT2D eigenvalue weighted by molar-refractivity contribution is 8.13. The first-order valence-corrected chi connectivity index (χ1v) is 8.39. The van der Waals surface area contributed by atoms with E-state index >= 15 is 0 Å². The van der Waals surface area contributed by atoms with E-state index in [9.17, 15) is 10.1 Å². The monoisotopic (exact) mass is 353 g/mol. The summed E-state index contributed by atoms with van der Waals surface area (Å²) in [7, 11) is 0. The zero-order valence-corrected chi connectivity index (χ0v) is 13.9. The van der Waals surface area contributed by atoms with Crippen LogP contribution in [0.1, 0.15) is 5.56 Å². The van der Waals surface area contributed by atoms with E-state index in [1.54, 1.807) is 16.8 Å². The zero-order valence-electron chi connectivity index (χ0n) is 13.1. The second kappa shape index (κ2) is 7.18. The van der Waals surface area contributed by atoms with Crippen molar-refractivity contribution in [2.75, 3.05) is 0 Å². The number of rotatable bonds is 5. The van der Waals surface area contributed by atoms with Gasteiger partial charge in [0, 0.05) is 35.2 Å². The lowest BCUT2D eigenvalue weighted by Crippen LogP contribution is -2.03. The van der Waals surface area contributed by atoms with Gasteiger partial charge in [-0.15, -0.1) is 0 Å². The van der Waals surface area contributed by atoms with Crippen LogP contribution in [0.3, 0.4) is 0 Å². The molecule has 1 heterocycles. The lowest BCUT2D eigenvalue weighted by Gasteiger charge is -2.02. The molecule has 25 heavy (non-hydrogen) atoms. The number of thioether (sulfide) groups is 1. The fourth-order valence-electron chi connectivity index (χ4n) is 2.39. The number of nitro benzene ring substituents is 1. The van der Waals surface area contributed by atoms with Gasteiger partial charge in [0.15, 0.2) is 5.17 Å². The number of para-hydroxylation sites is 1. The number of nitrogens with one attached hydrogen (secondary N) is 1. The molecule has 3 N–H and O–H groups in total. The molecule has 0 amide bonds. The van der Waals surface area contributed by atoms with Crippen molar-refractivity contribution in [1.29, 1.82) is 5.41 Å². The maximum Gasteiger partial charge on any atom is 0.270 e. The number of hydrogen-bond acceptors (Lipinski definition) is 5. The molecule has 1 aromatic heterocycles. The summed E-state index contributed by atoms with van der Waals surface area (Å²) in [5.41, 5.74) is 8.48. The Morgan fingerprint density at radius 1 is 1.24 bits per heavy atom. The summed E-state index contributed by atoms with van der Waals surface area (Å²) in [6.07, 6.45) is 1.86. The second-order valence-corrected chi connectivity index (χ2v) is 6.26. The molecule has 0 saturated carbocycles. The molecule has 3 rings (SSSR count). The van der Waals surface area contributed by atoms with Crippen molar-refractivity contribution in [3.63, 3.8) is 0 Å². The normalized spacial score (nSPS) is 10.6. The van der Waals surface area contributed by atoms with Crippen LogP contribution >= 0.6 is 11.8 Å². The summed E-state index contributed by atoms with van der Waals surface area (Å²) in [5, 5.41) is 23.1. The lowest BCUT2D eigenvalue weighted by molar-refractivity contribution is -0.384. The minimum Gasteiger partial charge on any atom is -0.379 e. The highest BCUT2D eigenvalue weighted by Crippen LogP contribution is 2.29. The summed E-state index contributed by atoms with van der Waals surface area (Å²) >= 11 is 1.19. The van der Waals surface area contributed by atoms with E-state index in [1.807, 2.05) is 36.5 Å². The molecule has 0 unspecified atom stereocenters. The fourth-order valence-corrected chi connectivity index (χ4v) is 2.92. The van der Waals surface area contributed by atoms with Gasteiger partial charge >= 0.3 is 0 Å². The van der Waals surface area contributed by atoms with E-state index < -0.39 is 4.92 Å². The fraction of sp³-hybridized carbons (Fsp3) is 0.0588. The van der Waals surface area contributed by atoms with Crippen molar-refractivity contribution in [1.82, 2.24) is 9.78 Å². The van der Waals surface area contributed by atoms with Gasteiger partial charge in [0.1, 0.15) is 0 Å². The Hall–Kier alpha value is -3.13. The number of aromatic nitrogens is 2. The molecule has 0 aliphatic heterocycles. The van der Waals surface area contributed by atoms with E-state index in [2.05, 4.69) is 5.10 Å². The number of nitro groups is 1. The lowest BCUT2D eigenvalue weighted by atomic mass is 10.1. The largest absolute Gasteiger partial charge is 0.379 e. The van der Waals surface area contributed by atoms with E-state index in [1.165, 1.54) is 23.9 Å². The number of hydrogen-bond donors (Lipinski definition) is 2. The first-order valence-electron chi connectivity index (χ1n) is 7.40. The molecule has 126 valence electrons. The van der Waals surface area contributed by atoms with Crippen molar-refractivity contribution in [3.8, 4) is 16.9 Å². The molecule has 0 bridgehead atoms. The van der Waals surface area contributed by atoms with Crippen molar-refractivity contribution in [3.05, 3.63) is 76.5 Å². The third-order valence-electron chi connectivity index (χ3n) is 3.52. The number of nitrogens with two attached hydrogens (primary N) is 1. The van der Waals surface area contributed by atoms with Crippen molar-refractivity contribution >= 4 is 22.6 Å². The third kappa shape index (κ3) is 3.86. The second-order valence-electron chi connectivity index (χ2n) is 5.24. The smallest absolute Gasteiger partial charge is 0.270 e. The van der Waals surface area contributed by atoms with Crippen LogP contribution in [0, 0.1) is 15.5 Å². The number of nitrogens with zero attached hydrogens (tertiary/aromatic N) is 3. The van der Waals surface area contributed by atoms with Crippen LogP contribution in [0.4, 0.5) is 5.69 Å². The molecule has 3 aromatic rings. The molecule has 0 atom stereocenters. The number of amidine groups is 1. The Balaban J connectivity index is 2.07. The molecule has 0 fully saturated rings. The summed E-state index contributed by atoms with van der Waals surface area (Å²) in [4.78, 5) is 10.6. The van der Waals surface area contributed by atoms with Crippen LogP contribution in [0.15, 0.2) is 60.8 Å². The Morgan fingerprint density at radius 2 is 2.00 bits per heavy atom. The maximum atomic E-state index is 11.0. The maximum absolute atomic E-state index is 11.0. The van der Waals surface area contributed by atoms with Gasteiger partial charge in [0.2, 0.25) is 0 Å². The average Bonchev–Trinajstić information content (AvgIpc) is 3.05. The van der Waals surface area contributed by atoms with Gasteiger partial charge in [-0.1, -0.05) is 42.1 Å². The van der Waals surface area contributed by atoms with E-state index in [0.717, 1.165) is 11.3 Å². The van der Waals surface area contributed by atoms with Gasteiger partial charge in [0.05, 0.1) is 16.3 Å². The molecular weight excluding hydrogens is 338 g/mol. The van der Waals surface area contributed by atoms with E-state index in [0.29, 0.717) is 17.0 Å². The van der Waals surface area contributed by atoms with Crippen LogP contribution in [-0.2, 0) is 5.75 Å². The number of benzene rings is 2. The Labute approximate surface area is 148 Å². The number of non-ortho nitro benzene ring substituents is 1. The summed E-state index contributed by atoms with van der Waals surface area (Å²) < 4.78 is 1.73. The molecule has 0 saturated heterocycles. The van der Waals surface area contributed by atoms with Crippen molar-refractivity contribution in [2.24, 2.45) is 5.73 Å². The zero-order chi connectivity index (χ0) is 17.8. The minimum absolute atomic E-state index is 0.0110. The topological polar surface area (TPSA) is 111 Å². The molecule has 0 radical (unpaired) electrons. The van der Waals surface area contributed by atoms with Crippen molar-refractivity contribution < 1.29 is 4.92 Å². The van der Waals surface area contributed by atoms with Gasteiger partial charge < -0.3 is 5.73 Å². The van der Waals surface area contributed by atoms with Gasteiger partial charge in [0.25, 0.3) is 5.69 Å². The summed E-state index contributed by atoms with van der Waals surface area (Å²) in [5.74, 6) is 0.459. The highest BCUT2D eigenvalue weighted by Gasteiger charge is 2.15. The Kier molecular flexibility index (Phi) is 4.80. The van der Waals surface area contributed by atoms with Crippen LogP contribution in [0.25, 0.3) is 16.9 Å². The average molecular weight is 353 g/mol. The molecule has 0 spiro atoms. The van der Waals surface area contributed by atoms with Crippen LogP contribution in [0.2, 0.25) is 0 Å². The summed E-state index contributed by atoms with van der Waals surface area (Å²) in [6.45, 7) is 0. The van der Waals surface area contributed by atoms with Crippen LogP contribution in [0.5, 0.6) is 0 Å². The van der Waals surface area contributed by atoms with Gasteiger partial charge in [-0.25, -0.2) is 4.68 Å². The first kappa shape index (κ1) is 16.7. The molecule has 2 aromatic carbocycles.